The van der Waals surface area contributed by atoms with Crippen LogP contribution in [0.2, 0.25) is 0 Å². The molecule has 2 rings (SSSR count). The quantitative estimate of drug-likeness (QED) is 0.873. The molecular formula is C13H21N3O. The first-order valence-electron chi connectivity index (χ1n) is 6.39. The van der Waals surface area contributed by atoms with Gasteiger partial charge in [0.2, 0.25) is 5.88 Å². The molecule has 0 saturated heterocycles. The van der Waals surface area contributed by atoms with Gasteiger partial charge in [0.1, 0.15) is 12.4 Å². The van der Waals surface area contributed by atoms with Crippen molar-refractivity contribution in [2.75, 3.05) is 0 Å². The van der Waals surface area contributed by atoms with E-state index in [1.165, 1.54) is 0 Å². The highest BCUT2D eigenvalue weighted by atomic mass is 16.5. The van der Waals surface area contributed by atoms with Crippen molar-refractivity contribution in [3.8, 4) is 5.88 Å². The molecule has 17 heavy (non-hydrogen) atoms. The number of hydrogen-bond acceptors (Lipinski definition) is 4. The molecule has 1 aliphatic carbocycles. The lowest BCUT2D eigenvalue weighted by Crippen LogP contribution is -2.33. The Hall–Kier alpha value is -1.16. The monoisotopic (exact) mass is 235 g/mol. The van der Waals surface area contributed by atoms with Crippen LogP contribution >= 0.6 is 0 Å². The van der Waals surface area contributed by atoms with E-state index in [-0.39, 0.29) is 12.1 Å². The fourth-order valence-electron chi connectivity index (χ4n) is 2.19. The SMILES string of the molecule is CC(C)c1cc(OC2CCCC(N)C2)ncn1. The summed E-state index contributed by atoms with van der Waals surface area (Å²) >= 11 is 0. The standard InChI is InChI=1S/C13H21N3O/c1-9(2)12-7-13(16-8-15-12)17-11-5-3-4-10(14)6-11/h7-11H,3-6,14H2,1-2H3. The zero-order valence-electron chi connectivity index (χ0n) is 10.6. The van der Waals surface area contributed by atoms with Crippen molar-refractivity contribution >= 4 is 0 Å². The first kappa shape index (κ1) is 12.3. The average molecular weight is 235 g/mol. The van der Waals surface area contributed by atoms with Crippen molar-refractivity contribution in [3.05, 3.63) is 18.1 Å². The van der Waals surface area contributed by atoms with Crippen molar-refractivity contribution in [2.24, 2.45) is 5.73 Å². The van der Waals surface area contributed by atoms with Gasteiger partial charge in [-0.1, -0.05) is 13.8 Å². The molecular weight excluding hydrogens is 214 g/mol. The maximum Gasteiger partial charge on any atom is 0.216 e. The normalized spacial score (nSPS) is 24.9. The molecule has 1 aromatic heterocycles. The fraction of sp³-hybridized carbons (Fsp3) is 0.692. The third-order valence-corrected chi connectivity index (χ3v) is 3.21. The topological polar surface area (TPSA) is 61.0 Å². The molecule has 0 spiro atoms. The minimum atomic E-state index is 0.216. The second-order valence-electron chi connectivity index (χ2n) is 5.10. The molecule has 4 nitrogen and oxygen atoms in total. The minimum Gasteiger partial charge on any atom is -0.474 e. The first-order valence-corrected chi connectivity index (χ1v) is 6.39. The lowest BCUT2D eigenvalue weighted by atomic mass is 9.94. The van der Waals surface area contributed by atoms with Gasteiger partial charge in [0.05, 0.1) is 5.69 Å². The van der Waals surface area contributed by atoms with Gasteiger partial charge in [-0.2, -0.15) is 0 Å². The highest BCUT2D eigenvalue weighted by Gasteiger charge is 2.21. The number of aromatic nitrogens is 2. The van der Waals surface area contributed by atoms with Crippen LogP contribution in [0.25, 0.3) is 0 Å². The Morgan fingerprint density at radius 2 is 2.18 bits per heavy atom. The van der Waals surface area contributed by atoms with Gasteiger partial charge in [0.15, 0.2) is 0 Å². The molecule has 1 aromatic rings. The van der Waals surface area contributed by atoms with E-state index < -0.39 is 0 Å². The van der Waals surface area contributed by atoms with Gasteiger partial charge in [0.25, 0.3) is 0 Å². The molecule has 0 radical (unpaired) electrons. The van der Waals surface area contributed by atoms with Gasteiger partial charge < -0.3 is 10.5 Å². The highest BCUT2D eigenvalue weighted by molar-refractivity contribution is 5.16. The van der Waals surface area contributed by atoms with Gasteiger partial charge in [-0.25, -0.2) is 9.97 Å². The maximum absolute atomic E-state index is 5.94. The van der Waals surface area contributed by atoms with Crippen molar-refractivity contribution in [1.82, 2.24) is 9.97 Å². The van der Waals surface area contributed by atoms with Crippen LogP contribution in [0.15, 0.2) is 12.4 Å². The van der Waals surface area contributed by atoms with Gasteiger partial charge in [-0.05, 0) is 31.6 Å². The Labute approximate surface area is 103 Å². The van der Waals surface area contributed by atoms with Crippen molar-refractivity contribution in [2.45, 2.75) is 57.6 Å². The second kappa shape index (κ2) is 5.45. The minimum absolute atomic E-state index is 0.216. The Morgan fingerprint density at radius 3 is 2.88 bits per heavy atom. The summed E-state index contributed by atoms with van der Waals surface area (Å²) in [6.45, 7) is 4.23. The van der Waals surface area contributed by atoms with E-state index >= 15 is 0 Å². The van der Waals surface area contributed by atoms with Crippen LogP contribution in [0.5, 0.6) is 5.88 Å². The Bertz CT molecular complexity index is 367. The lowest BCUT2D eigenvalue weighted by Gasteiger charge is -2.26. The molecule has 1 heterocycles. The fourth-order valence-corrected chi connectivity index (χ4v) is 2.19. The van der Waals surface area contributed by atoms with Crippen molar-refractivity contribution in [1.29, 1.82) is 0 Å². The summed E-state index contributed by atoms with van der Waals surface area (Å²) in [7, 11) is 0. The molecule has 4 heteroatoms. The first-order chi connectivity index (χ1) is 8.15. The number of nitrogens with two attached hydrogens (primary N) is 1. The average Bonchev–Trinajstić information content (AvgIpc) is 2.29. The van der Waals surface area contributed by atoms with Crippen LogP contribution in [0, 0.1) is 0 Å². The summed E-state index contributed by atoms with van der Waals surface area (Å²) < 4.78 is 5.89. The molecule has 2 atom stereocenters. The summed E-state index contributed by atoms with van der Waals surface area (Å²) in [6, 6.07) is 2.21. The molecule has 0 amide bonds. The Balaban J connectivity index is 2.00. The molecule has 2 N–H and O–H groups in total. The van der Waals surface area contributed by atoms with Crippen LogP contribution < -0.4 is 10.5 Å². The van der Waals surface area contributed by atoms with Crippen LogP contribution in [-0.4, -0.2) is 22.1 Å². The number of nitrogens with zero attached hydrogens (tertiary/aromatic N) is 2. The summed E-state index contributed by atoms with van der Waals surface area (Å²) in [5.74, 6) is 1.08. The van der Waals surface area contributed by atoms with E-state index in [1.807, 2.05) is 6.07 Å². The molecule has 1 fully saturated rings. The molecule has 1 aliphatic rings. The van der Waals surface area contributed by atoms with Crippen LogP contribution in [0.3, 0.4) is 0 Å². The third-order valence-electron chi connectivity index (χ3n) is 3.21. The van der Waals surface area contributed by atoms with Crippen LogP contribution in [0.1, 0.15) is 51.1 Å². The molecule has 1 saturated carbocycles. The number of hydrogen-bond donors (Lipinski definition) is 1. The van der Waals surface area contributed by atoms with E-state index in [1.54, 1.807) is 6.33 Å². The van der Waals surface area contributed by atoms with E-state index in [4.69, 9.17) is 10.5 Å². The molecule has 0 aliphatic heterocycles. The zero-order chi connectivity index (χ0) is 12.3. The largest absolute Gasteiger partial charge is 0.474 e. The number of rotatable bonds is 3. The molecule has 94 valence electrons. The lowest BCUT2D eigenvalue weighted by molar-refractivity contribution is 0.138. The van der Waals surface area contributed by atoms with E-state index in [0.29, 0.717) is 11.8 Å². The Kier molecular flexibility index (Phi) is 3.94. The smallest absolute Gasteiger partial charge is 0.216 e. The Morgan fingerprint density at radius 1 is 1.35 bits per heavy atom. The second-order valence-corrected chi connectivity index (χ2v) is 5.10. The number of ether oxygens (including phenoxy) is 1. The van der Waals surface area contributed by atoms with E-state index in [2.05, 4.69) is 23.8 Å². The van der Waals surface area contributed by atoms with Gasteiger partial charge >= 0.3 is 0 Å². The summed E-state index contributed by atoms with van der Waals surface area (Å²) in [6.07, 6.45) is 6.06. The summed E-state index contributed by atoms with van der Waals surface area (Å²) in [4.78, 5) is 8.40. The van der Waals surface area contributed by atoms with Crippen molar-refractivity contribution in [3.63, 3.8) is 0 Å². The summed E-state index contributed by atoms with van der Waals surface area (Å²) in [5.41, 5.74) is 6.97. The zero-order valence-corrected chi connectivity index (χ0v) is 10.6. The molecule has 2 unspecified atom stereocenters. The third kappa shape index (κ3) is 3.40. The predicted molar refractivity (Wildman–Crippen MR) is 67.0 cm³/mol. The molecule has 0 aromatic carbocycles. The van der Waals surface area contributed by atoms with Gasteiger partial charge in [-0.15, -0.1) is 0 Å². The van der Waals surface area contributed by atoms with Gasteiger partial charge in [-0.3, -0.25) is 0 Å². The van der Waals surface area contributed by atoms with E-state index in [9.17, 15) is 0 Å². The van der Waals surface area contributed by atoms with Crippen LogP contribution in [-0.2, 0) is 0 Å². The molecule has 0 bridgehead atoms. The summed E-state index contributed by atoms with van der Waals surface area (Å²) in [5, 5.41) is 0. The maximum atomic E-state index is 5.94. The van der Waals surface area contributed by atoms with Crippen LogP contribution in [0.4, 0.5) is 0 Å². The van der Waals surface area contributed by atoms with Crippen molar-refractivity contribution < 1.29 is 4.74 Å². The highest BCUT2D eigenvalue weighted by Crippen LogP contribution is 2.23. The van der Waals surface area contributed by atoms with Gasteiger partial charge in [0, 0.05) is 12.1 Å². The van der Waals surface area contributed by atoms with E-state index in [0.717, 1.165) is 31.4 Å². The predicted octanol–water partition coefficient (Wildman–Crippen LogP) is 2.25.